The first kappa shape index (κ1) is 14.2. The fourth-order valence-corrected chi connectivity index (χ4v) is 2.49. The molecule has 0 radical (unpaired) electrons. The topological polar surface area (TPSA) is 95.9 Å². The summed E-state index contributed by atoms with van der Waals surface area (Å²) in [5, 5.41) is 9.23. The fraction of sp³-hybridized carbons (Fsp3) is 0.889. The van der Waals surface area contributed by atoms with Crippen molar-refractivity contribution in [1.82, 2.24) is 9.03 Å². The van der Waals surface area contributed by atoms with Crippen molar-refractivity contribution in [3.63, 3.8) is 0 Å². The highest BCUT2D eigenvalue weighted by Gasteiger charge is 2.32. The molecule has 0 aliphatic carbocycles. The van der Waals surface area contributed by atoms with Gasteiger partial charge in [0.15, 0.2) is 0 Å². The van der Waals surface area contributed by atoms with Gasteiger partial charge in [0.25, 0.3) is 0 Å². The van der Waals surface area contributed by atoms with Gasteiger partial charge in [-0.15, -0.1) is 0 Å². The Morgan fingerprint density at radius 1 is 1.47 bits per heavy atom. The molecule has 0 aromatic rings. The van der Waals surface area contributed by atoms with E-state index in [0.717, 1.165) is 4.31 Å². The lowest BCUT2D eigenvalue weighted by atomic mass is 10.2. The average Bonchev–Trinajstić information content (AvgIpc) is 2.46. The predicted octanol–water partition coefficient (Wildman–Crippen LogP) is -0.178. The maximum absolute atomic E-state index is 11.7. The highest BCUT2D eigenvalue weighted by molar-refractivity contribution is 7.87. The van der Waals surface area contributed by atoms with Crippen LogP contribution in [-0.4, -0.2) is 48.7 Å². The molecule has 0 bridgehead atoms. The molecule has 0 aromatic carbocycles. The van der Waals surface area contributed by atoms with Crippen LogP contribution in [0.1, 0.15) is 27.2 Å². The summed E-state index contributed by atoms with van der Waals surface area (Å²) in [6.07, 6.45) is -1.32. The molecule has 1 saturated heterocycles. The Morgan fingerprint density at radius 2 is 2.06 bits per heavy atom. The molecule has 7 nitrogen and oxygen atoms in total. The standard InChI is InChI=1S/C9H18N2O5S/c1-9(2,3)16-8(13)10-17(14,15)11-5-4-7(12)6-11/h7,12H,4-6H2,1-3H3,(H,10,13)/t7-/m1/s1. The lowest BCUT2D eigenvalue weighted by Gasteiger charge is -2.21. The van der Waals surface area contributed by atoms with Crippen LogP contribution >= 0.6 is 0 Å². The average molecular weight is 266 g/mol. The van der Waals surface area contributed by atoms with Gasteiger partial charge in [-0.1, -0.05) is 0 Å². The zero-order valence-electron chi connectivity index (χ0n) is 10.1. The van der Waals surface area contributed by atoms with E-state index in [1.807, 2.05) is 0 Å². The second-order valence-corrected chi connectivity index (χ2v) is 6.58. The summed E-state index contributed by atoms with van der Waals surface area (Å²) in [4.78, 5) is 11.3. The number of nitrogens with one attached hydrogen (secondary N) is 1. The molecule has 1 rings (SSSR count). The Labute approximate surface area is 101 Å². The summed E-state index contributed by atoms with van der Waals surface area (Å²) in [6.45, 7) is 5.11. The van der Waals surface area contributed by atoms with Gasteiger partial charge in [0.05, 0.1) is 6.10 Å². The van der Waals surface area contributed by atoms with Crippen molar-refractivity contribution in [2.75, 3.05) is 13.1 Å². The third-order valence-corrected chi connectivity index (χ3v) is 3.51. The number of rotatable bonds is 2. The Bertz CT molecular complexity index is 387. The summed E-state index contributed by atoms with van der Waals surface area (Å²) in [5.74, 6) is 0. The van der Waals surface area contributed by atoms with Crippen LogP contribution in [0.25, 0.3) is 0 Å². The normalized spacial score (nSPS) is 22.5. The molecule has 2 N–H and O–H groups in total. The molecule has 0 aromatic heterocycles. The number of carbonyl (C=O) groups is 1. The summed E-state index contributed by atoms with van der Waals surface area (Å²) in [5.41, 5.74) is -0.760. The SMILES string of the molecule is CC(C)(C)OC(=O)NS(=O)(=O)N1CC[C@@H](O)C1. The first-order valence-electron chi connectivity index (χ1n) is 5.29. The monoisotopic (exact) mass is 266 g/mol. The molecule has 1 heterocycles. The number of aliphatic hydroxyl groups excluding tert-OH is 1. The van der Waals surface area contributed by atoms with Crippen molar-refractivity contribution in [2.45, 2.75) is 38.9 Å². The number of β-amino-alcohol motifs (C(OH)–C–C–N with tert-alkyl or cyclic N) is 1. The smallest absolute Gasteiger partial charge is 0.422 e. The molecule has 1 aliphatic rings. The Balaban J connectivity index is 2.58. The summed E-state index contributed by atoms with van der Waals surface area (Å²) in [7, 11) is -3.92. The predicted molar refractivity (Wildman–Crippen MR) is 60.5 cm³/mol. The number of carbonyl (C=O) groups excluding carboxylic acids is 1. The molecule has 0 spiro atoms. The maximum Gasteiger partial charge on any atom is 0.422 e. The minimum absolute atomic E-state index is 0.00185. The number of amides is 1. The van der Waals surface area contributed by atoms with Gasteiger partial charge in [-0.05, 0) is 27.2 Å². The van der Waals surface area contributed by atoms with Crippen LogP contribution < -0.4 is 4.72 Å². The van der Waals surface area contributed by atoms with Crippen molar-refractivity contribution in [3.05, 3.63) is 0 Å². The van der Waals surface area contributed by atoms with Crippen molar-refractivity contribution < 1.29 is 23.1 Å². The molecule has 17 heavy (non-hydrogen) atoms. The van der Waals surface area contributed by atoms with Crippen molar-refractivity contribution in [2.24, 2.45) is 0 Å². The number of nitrogens with zero attached hydrogens (tertiary/aromatic N) is 1. The van der Waals surface area contributed by atoms with E-state index >= 15 is 0 Å². The van der Waals surface area contributed by atoms with Gasteiger partial charge in [-0.3, -0.25) is 0 Å². The third kappa shape index (κ3) is 4.49. The van der Waals surface area contributed by atoms with Crippen LogP contribution in [0.15, 0.2) is 0 Å². The molecular weight excluding hydrogens is 248 g/mol. The van der Waals surface area contributed by atoms with E-state index in [1.165, 1.54) is 0 Å². The fourth-order valence-electron chi connectivity index (χ4n) is 1.40. The van der Waals surface area contributed by atoms with Gasteiger partial charge in [0.1, 0.15) is 5.60 Å². The molecule has 100 valence electrons. The zero-order valence-corrected chi connectivity index (χ0v) is 11.0. The Hall–Kier alpha value is -0.860. The number of hydrogen-bond donors (Lipinski definition) is 2. The molecular formula is C9H18N2O5S. The first-order chi connectivity index (χ1) is 7.60. The minimum Gasteiger partial charge on any atom is -0.443 e. The molecule has 1 aliphatic heterocycles. The highest BCUT2D eigenvalue weighted by atomic mass is 32.2. The third-order valence-electron chi connectivity index (χ3n) is 2.08. The lowest BCUT2D eigenvalue weighted by molar-refractivity contribution is 0.0567. The van der Waals surface area contributed by atoms with E-state index < -0.39 is 28.0 Å². The van der Waals surface area contributed by atoms with E-state index in [2.05, 4.69) is 0 Å². The van der Waals surface area contributed by atoms with E-state index in [0.29, 0.717) is 6.42 Å². The summed E-state index contributed by atoms with van der Waals surface area (Å²) in [6, 6.07) is 0. The number of hydrogen-bond acceptors (Lipinski definition) is 5. The summed E-state index contributed by atoms with van der Waals surface area (Å²) >= 11 is 0. The van der Waals surface area contributed by atoms with Crippen molar-refractivity contribution in [1.29, 1.82) is 0 Å². The van der Waals surface area contributed by atoms with Crippen LogP contribution in [0.2, 0.25) is 0 Å². The molecule has 1 fully saturated rings. The molecule has 0 unspecified atom stereocenters. The molecule has 8 heteroatoms. The van der Waals surface area contributed by atoms with E-state index in [9.17, 15) is 18.3 Å². The number of ether oxygens (including phenoxy) is 1. The van der Waals surface area contributed by atoms with E-state index in [1.54, 1.807) is 25.5 Å². The van der Waals surface area contributed by atoms with Crippen LogP contribution in [0, 0.1) is 0 Å². The van der Waals surface area contributed by atoms with Gasteiger partial charge in [0.2, 0.25) is 0 Å². The van der Waals surface area contributed by atoms with Crippen LogP contribution in [0.5, 0.6) is 0 Å². The van der Waals surface area contributed by atoms with Crippen molar-refractivity contribution >= 4 is 16.3 Å². The Morgan fingerprint density at radius 3 is 2.47 bits per heavy atom. The molecule has 1 amide bonds. The lowest BCUT2D eigenvalue weighted by Crippen LogP contribution is -2.44. The quantitative estimate of drug-likeness (QED) is 0.723. The van der Waals surface area contributed by atoms with Gasteiger partial charge < -0.3 is 9.84 Å². The first-order valence-corrected chi connectivity index (χ1v) is 6.73. The van der Waals surface area contributed by atoms with Crippen molar-refractivity contribution in [3.8, 4) is 0 Å². The van der Waals surface area contributed by atoms with Gasteiger partial charge in [0, 0.05) is 13.1 Å². The number of aliphatic hydroxyl groups is 1. The van der Waals surface area contributed by atoms with Gasteiger partial charge in [-0.2, -0.15) is 12.7 Å². The second kappa shape index (κ2) is 4.79. The highest BCUT2D eigenvalue weighted by Crippen LogP contribution is 2.13. The second-order valence-electron chi connectivity index (χ2n) is 4.91. The Kier molecular flexibility index (Phi) is 4.00. The molecule has 1 atom stereocenters. The van der Waals surface area contributed by atoms with Gasteiger partial charge in [-0.25, -0.2) is 9.52 Å². The largest absolute Gasteiger partial charge is 0.443 e. The van der Waals surface area contributed by atoms with Gasteiger partial charge >= 0.3 is 16.3 Å². The maximum atomic E-state index is 11.7. The van der Waals surface area contributed by atoms with Crippen LogP contribution in [-0.2, 0) is 14.9 Å². The molecule has 0 saturated carbocycles. The van der Waals surface area contributed by atoms with E-state index in [-0.39, 0.29) is 13.1 Å². The van der Waals surface area contributed by atoms with Crippen LogP contribution in [0.3, 0.4) is 0 Å². The van der Waals surface area contributed by atoms with Crippen LogP contribution in [0.4, 0.5) is 4.79 Å². The minimum atomic E-state index is -3.92. The van der Waals surface area contributed by atoms with E-state index in [4.69, 9.17) is 4.74 Å². The summed E-state index contributed by atoms with van der Waals surface area (Å²) < 4.78 is 31.0. The zero-order chi connectivity index (χ0) is 13.3.